The van der Waals surface area contributed by atoms with Gasteiger partial charge in [0.2, 0.25) is 5.91 Å². The molecule has 4 rings (SSSR count). The molecular formula is C20H27FN2O2. The second-order valence-corrected chi connectivity index (χ2v) is 7.85. The maximum atomic E-state index is 13.7. The molecule has 3 aliphatic rings. The summed E-state index contributed by atoms with van der Waals surface area (Å²) in [7, 11) is 0. The molecule has 1 heterocycles. The first-order valence-electron chi connectivity index (χ1n) is 9.62. The van der Waals surface area contributed by atoms with Crippen LogP contribution in [-0.4, -0.2) is 41.1 Å². The van der Waals surface area contributed by atoms with Crippen molar-refractivity contribution in [3.63, 3.8) is 0 Å². The Balaban J connectivity index is 1.37. The van der Waals surface area contributed by atoms with E-state index in [9.17, 15) is 14.3 Å². The first-order chi connectivity index (χ1) is 12.1. The molecule has 0 unspecified atom stereocenters. The van der Waals surface area contributed by atoms with Gasteiger partial charge in [-0.15, -0.1) is 0 Å². The van der Waals surface area contributed by atoms with Gasteiger partial charge in [0.15, 0.2) is 0 Å². The number of rotatable bonds is 4. The Bertz CT molecular complexity index is 639. The lowest BCUT2D eigenvalue weighted by Crippen LogP contribution is -2.46. The molecule has 1 aromatic carbocycles. The number of piperidine rings is 1. The molecule has 25 heavy (non-hydrogen) atoms. The number of benzene rings is 1. The highest BCUT2D eigenvalue weighted by Gasteiger charge is 2.35. The number of aliphatic hydroxyl groups is 1. The Hall–Kier alpha value is -1.46. The molecule has 2 atom stereocenters. The highest BCUT2D eigenvalue weighted by molar-refractivity contribution is 5.81. The van der Waals surface area contributed by atoms with Crippen molar-refractivity contribution in [3.05, 3.63) is 35.1 Å². The number of nitrogens with zero attached hydrogens (tertiary/aromatic N) is 1. The zero-order valence-electron chi connectivity index (χ0n) is 14.6. The maximum Gasteiger partial charge on any atom is 0.249 e. The van der Waals surface area contributed by atoms with Crippen LogP contribution in [0.15, 0.2) is 18.2 Å². The number of likely N-dealkylation sites (tertiary alicyclic amines) is 1. The number of carbonyl (C=O) groups excluding carboxylic acids is 1. The third-order valence-electron chi connectivity index (χ3n) is 6.04. The SMILES string of the molecule is O=C(NC1CC1)[C@H](O)C1CCN([C@H]2CCCc3ccc(F)cc32)CC1. The van der Waals surface area contributed by atoms with Crippen LogP contribution in [0.5, 0.6) is 0 Å². The average molecular weight is 346 g/mol. The van der Waals surface area contributed by atoms with Gasteiger partial charge >= 0.3 is 0 Å². The fourth-order valence-corrected chi connectivity index (χ4v) is 4.40. The van der Waals surface area contributed by atoms with Crippen molar-refractivity contribution in [1.29, 1.82) is 0 Å². The predicted octanol–water partition coefficient (Wildman–Crippen LogP) is 2.55. The molecule has 1 saturated carbocycles. The van der Waals surface area contributed by atoms with Crippen LogP contribution in [0, 0.1) is 11.7 Å². The number of hydrogen-bond acceptors (Lipinski definition) is 3. The number of nitrogens with one attached hydrogen (secondary N) is 1. The van der Waals surface area contributed by atoms with Crippen LogP contribution in [0.3, 0.4) is 0 Å². The van der Waals surface area contributed by atoms with Crippen LogP contribution < -0.4 is 5.32 Å². The van der Waals surface area contributed by atoms with Gasteiger partial charge in [0.25, 0.3) is 0 Å². The summed E-state index contributed by atoms with van der Waals surface area (Å²) in [5.74, 6) is -0.329. The van der Waals surface area contributed by atoms with Crippen LogP contribution in [0.1, 0.15) is 55.7 Å². The van der Waals surface area contributed by atoms with E-state index in [-0.39, 0.29) is 29.7 Å². The number of hydrogen-bond donors (Lipinski definition) is 2. The molecule has 4 nitrogen and oxygen atoms in total. The lowest BCUT2D eigenvalue weighted by atomic mass is 9.84. The van der Waals surface area contributed by atoms with Gasteiger partial charge in [0, 0.05) is 12.1 Å². The van der Waals surface area contributed by atoms with Gasteiger partial charge in [0.05, 0.1) is 0 Å². The van der Waals surface area contributed by atoms with Crippen molar-refractivity contribution < 1.29 is 14.3 Å². The van der Waals surface area contributed by atoms with Crippen molar-refractivity contribution >= 4 is 5.91 Å². The van der Waals surface area contributed by atoms with Crippen molar-refractivity contribution in [1.82, 2.24) is 10.2 Å². The molecule has 2 aliphatic carbocycles. The van der Waals surface area contributed by atoms with E-state index in [1.54, 1.807) is 12.1 Å². The molecule has 0 bridgehead atoms. The van der Waals surface area contributed by atoms with E-state index in [4.69, 9.17) is 0 Å². The van der Waals surface area contributed by atoms with Crippen molar-refractivity contribution in [2.75, 3.05) is 13.1 Å². The van der Waals surface area contributed by atoms with Gasteiger partial charge in [-0.2, -0.15) is 0 Å². The summed E-state index contributed by atoms with van der Waals surface area (Å²) in [5, 5.41) is 13.2. The number of aliphatic hydroxyl groups excluding tert-OH is 1. The second-order valence-electron chi connectivity index (χ2n) is 7.85. The monoisotopic (exact) mass is 346 g/mol. The Labute approximate surface area is 148 Å². The number of aryl methyl sites for hydroxylation is 1. The van der Waals surface area contributed by atoms with Crippen LogP contribution in [0.25, 0.3) is 0 Å². The van der Waals surface area contributed by atoms with Gasteiger partial charge < -0.3 is 10.4 Å². The molecule has 2 N–H and O–H groups in total. The Morgan fingerprint density at radius 1 is 1.20 bits per heavy atom. The van der Waals surface area contributed by atoms with Gasteiger partial charge in [0.1, 0.15) is 11.9 Å². The van der Waals surface area contributed by atoms with Crippen molar-refractivity contribution in [2.45, 2.75) is 63.1 Å². The minimum atomic E-state index is -0.890. The maximum absolute atomic E-state index is 13.7. The first-order valence-corrected chi connectivity index (χ1v) is 9.62. The molecule has 0 radical (unpaired) electrons. The minimum absolute atomic E-state index is 0.0329. The van der Waals surface area contributed by atoms with Crippen LogP contribution in [0.4, 0.5) is 4.39 Å². The van der Waals surface area contributed by atoms with E-state index in [1.165, 1.54) is 5.56 Å². The molecule has 1 aromatic rings. The second kappa shape index (κ2) is 7.04. The van der Waals surface area contributed by atoms with E-state index in [0.717, 1.165) is 63.6 Å². The predicted molar refractivity (Wildman–Crippen MR) is 93.5 cm³/mol. The molecule has 0 aromatic heterocycles. The van der Waals surface area contributed by atoms with Crippen molar-refractivity contribution in [3.8, 4) is 0 Å². The third kappa shape index (κ3) is 3.72. The Morgan fingerprint density at radius 2 is 1.96 bits per heavy atom. The standard InChI is InChI=1S/C20H27FN2O2/c21-15-5-4-13-2-1-3-18(17(13)12-15)23-10-8-14(9-11-23)19(24)20(25)22-16-6-7-16/h4-5,12,14,16,18-19,24H,1-3,6-11H2,(H,22,25)/t18-,19+/m0/s1. The van der Waals surface area contributed by atoms with E-state index in [1.807, 2.05) is 6.07 Å². The van der Waals surface area contributed by atoms with Crippen LogP contribution in [0.2, 0.25) is 0 Å². The highest BCUT2D eigenvalue weighted by atomic mass is 19.1. The third-order valence-corrected chi connectivity index (χ3v) is 6.04. The molecule has 5 heteroatoms. The largest absolute Gasteiger partial charge is 0.383 e. The number of amides is 1. The fourth-order valence-electron chi connectivity index (χ4n) is 4.40. The van der Waals surface area contributed by atoms with Crippen LogP contribution >= 0.6 is 0 Å². The fraction of sp³-hybridized carbons (Fsp3) is 0.650. The Morgan fingerprint density at radius 3 is 2.68 bits per heavy atom. The van der Waals surface area contributed by atoms with E-state index >= 15 is 0 Å². The lowest BCUT2D eigenvalue weighted by Gasteiger charge is -2.41. The summed E-state index contributed by atoms with van der Waals surface area (Å²) in [4.78, 5) is 14.5. The minimum Gasteiger partial charge on any atom is -0.383 e. The van der Waals surface area contributed by atoms with E-state index < -0.39 is 6.10 Å². The molecule has 136 valence electrons. The summed E-state index contributed by atoms with van der Waals surface area (Å²) in [5.41, 5.74) is 2.40. The number of fused-ring (bicyclic) bond motifs is 1. The smallest absolute Gasteiger partial charge is 0.249 e. The van der Waals surface area contributed by atoms with E-state index in [2.05, 4.69) is 10.2 Å². The normalized spacial score (nSPS) is 26.1. The van der Waals surface area contributed by atoms with Gasteiger partial charge in [-0.05, 0) is 87.2 Å². The molecule has 1 aliphatic heterocycles. The molecule has 2 fully saturated rings. The van der Waals surface area contributed by atoms with Crippen LogP contribution in [-0.2, 0) is 11.2 Å². The number of halogens is 1. The molecular weight excluding hydrogens is 319 g/mol. The summed E-state index contributed by atoms with van der Waals surface area (Å²) >= 11 is 0. The first kappa shape index (κ1) is 17.0. The summed E-state index contributed by atoms with van der Waals surface area (Å²) in [6.45, 7) is 1.72. The molecule has 1 amide bonds. The topological polar surface area (TPSA) is 52.6 Å². The van der Waals surface area contributed by atoms with Gasteiger partial charge in [-0.1, -0.05) is 6.07 Å². The zero-order chi connectivity index (χ0) is 17.4. The Kier molecular flexibility index (Phi) is 4.78. The zero-order valence-corrected chi connectivity index (χ0v) is 14.6. The van der Waals surface area contributed by atoms with Gasteiger partial charge in [-0.3, -0.25) is 9.69 Å². The summed E-state index contributed by atoms with van der Waals surface area (Å²) in [6.07, 6.45) is 6.05. The quantitative estimate of drug-likeness (QED) is 0.881. The molecule has 1 saturated heterocycles. The molecule has 0 spiro atoms. The summed E-state index contributed by atoms with van der Waals surface area (Å²) < 4.78 is 13.7. The average Bonchev–Trinajstić information content (AvgIpc) is 3.44. The van der Waals surface area contributed by atoms with Crippen molar-refractivity contribution in [2.24, 2.45) is 5.92 Å². The lowest BCUT2D eigenvalue weighted by molar-refractivity contribution is -0.133. The summed E-state index contributed by atoms with van der Waals surface area (Å²) in [6, 6.07) is 5.75. The number of carbonyl (C=O) groups is 1. The van der Waals surface area contributed by atoms with Gasteiger partial charge in [-0.25, -0.2) is 4.39 Å². The highest BCUT2D eigenvalue weighted by Crippen LogP contribution is 2.37. The van der Waals surface area contributed by atoms with E-state index in [0.29, 0.717) is 0 Å².